The van der Waals surface area contributed by atoms with Gasteiger partial charge >= 0.3 is 0 Å². The van der Waals surface area contributed by atoms with Crippen LogP contribution in [-0.2, 0) is 11.2 Å². The van der Waals surface area contributed by atoms with Crippen molar-refractivity contribution in [3.63, 3.8) is 0 Å². The summed E-state index contributed by atoms with van der Waals surface area (Å²) < 4.78 is 0. The van der Waals surface area contributed by atoms with Gasteiger partial charge in [0.2, 0.25) is 5.91 Å². The van der Waals surface area contributed by atoms with E-state index in [0.717, 1.165) is 26.1 Å². The lowest BCUT2D eigenvalue weighted by Crippen LogP contribution is -2.51. The molecular formula is C15H22N2O. The van der Waals surface area contributed by atoms with Crippen LogP contribution in [-0.4, -0.2) is 36.0 Å². The van der Waals surface area contributed by atoms with Crippen LogP contribution in [0.25, 0.3) is 0 Å². The van der Waals surface area contributed by atoms with E-state index in [2.05, 4.69) is 31.3 Å². The van der Waals surface area contributed by atoms with Crippen molar-refractivity contribution in [2.24, 2.45) is 0 Å². The Morgan fingerprint density at radius 1 is 1.28 bits per heavy atom. The van der Waals surface area contributed by atoms with E-state index in [1.54, 1.807) is 0 Å². The highest BCUT2D eigenvalue weighted by molar-refractivity contribution is 5.77. The van der Waals surface area contributed by atoms with Gasteiger partial charge < -0.3 is 10.2 Å². The van der Waals surface area contributed by atoms with Gasteiger partial charge in [0, 0.05) is 31.6 Å². The molecule has 2 rings (SSSR count). The highest BCUT2D eigenvalue weighted by Crippen LogP contribution is 2.18. The Balaban J connectivity index is 2.03. The predicted molar refractivity (Wildman–Crippen MR) is 73.4 cm³/mol. The summed E-state index contributed by atoms with van der Waals surface area (Å²) in [4.78, 5) is 14.2. The molecule has 1 aromatic rings. The maximum Gasteiger partial charge on any atom is 0.224 e. The third kappa shape index (κ3) is 3.10. The van der Waals surface area contributed by atoms with E-state index in [1.165, 1.54) is 5.56 Å². The first kappa shape index (κ1) is 13.1. The van der Waals surface area contributed by atoms with E-state index < -0.39 is 0 Å². The van der Waals surface area contributed by atoms with Crippen molar-refractivity contribution < 1.29 is 4.79 Å². The third-order valence-corrected chi connectivity index (χ3v) is 3.57. The third-order valence-electron chi connectivity index (χ3n) is 3.57. The molecule has 0 bridgehead atoms. The molecule has 0 unspecified atom stereocenters. The first-order valence-electron chi connectivity index (χ1n) is 6.65. The number of hydrogen-bond donors (Lipinski definition) is 1. The first-order valence-corrected chi connectivity index (χ1v) is 6.65. The monoisotopic (exact) mass is 246 g/mol. The standard InChI is InChI=1S/C15H22N2O/c1-15(2)12-16-10-8-14(18)17(15)11-9-13-6-4-3-5-7-13/h3-7,16H,8-12H2,1-2H3. The van der Waals surface area contributed by atoms with Gasteiger partial charge in [-0.15, -0.1) is 0 Å². The summed E-state index contributed by atoms with van der Waals surface area (Å²) in [5.41, 5.74) is 1.20. The number of amides is 1. The van der Waals surface area contributed by atoms with Gasteiger partial charge in [-0.2, -0.15) is 0 Å². The topological polar surface area (TPSA) is 32.3 Å². The van der Waals surface area contributed by atoms with Crippen LogP contribution in [0.3, 0.4) is 0 Å². The molecule has 18 heavy (non-hydrogen) atoms. The molecule has 0 spiro atoms. The van der Waals surface area contributed by atoms with Gasteiger partial charge in [0.25, 0.3) is 0 Å². The molecule has 1 heterocycles. The van der Waals surface area contributed by atoms with E-state index in [9.17, 15) is 4.79 Å². The first-order chi connectivity index (χ1) is 8.59. The second-order valence-corrected chi connectivity index (χ2v) is 5.52. The van der Waals surface area contributed by atoms with E-state index >= 15 is 0 Å². The fourth-order valence-corrected chi connectivity index (χ4v) is 2.47. The van der Waals surface area contributed by atoms with Gasteiger partial charge in [0.1, 0.15) is 0 Å². The quantitative estimate of drug-likeness (QED) is 0.882. The van der Waals surface area contributed by atoms with Crippen molar-refractivity contribution in [2.75, 3.05) is 19.6 Å². The second-order valence-electron chi connectivity index (χ2n) is 5.52. The minimum absolute atomic E-state index is 0.0949. The van der Waals surface area contributed by atoms with Crippen molar-refractivity contribution in [2.45, 2.75) is 32.2 Å². The number of hydrogen-bond acceptors (Lipinski definition) is 2. The normalized spacial score (nSPS) is 19.7. The van der Waals surface area contributed by atoms with Crippen molar-refractivity contribution in [3.05, 3.63) is 35.9 Å². The summed E-state index contributed by atoms with van der Waals surface area (Å²) in [5.74, 6) is 0.265. The van der Waals surface area contributed by atoms with Gasteiger partial charge in [-0.1, -0.05) is 30.3 Å². The molecule has 1 saturated heterocycles. The van der Waals surface area contributed by atoms with Crippen molar-refractivity contribution in [3.8, 4) is 0 Å². The summed E-state index contributed by atoms with van der Waals surface area (Å²) in [5, 5.41) is 3.33. The fraction of sp³-hybridized carbons (Fsp3) is 0.533. The Kier molecular flexibility index (Phi) is 4.02. The largest absolute Gasteiger partial charge is 0.336 e. The van der Waals surface area contributed by atoms with Gasteiger partial charge in [-0.05, 0) is 25.8 Å². The molecule has 1 aliphatic rings. The summed E-state index contributed by atoms with van der Waals surface area (Å²) in [6.07, 6.45) is 1.54. The number of nitrogens with one attached hydrogen (secondary N) is 1. The zero-order valence-corrected chi connectivity index (χ0v) is 11.3. The van der Waals surface area contributed by atoms with Crippen molar-refractivity contribution in [1.82, 2.24) is 10.2 Å². The lowest BCUT2D eigenvalue weighted by molar-refractivity contribution is -0.135. The summed E-state index contributed by atoms with van der Waals surface area (Å²) in [6.45, 7) is 6.73. The van der Waals surface area contributed by atoms with Crippen LogP contribution in [0.4, 0.5) is 0 Å². The maximum absolute atomic E-state index is 12.1. The minimum Gasteiger partial charge on any atom is -0.336 e. The molecule has 0 aromatic heterocycles. The van der Waals surface area contributed by atoms with Crippen LogP contribution in [0.1, 0.15) is 25.8 Å². The minimum atomic E-state index is -0.0949. The zero-order valence-electron chi connectivity index (χ0n) is 11.3. The average molecular weight is 246 g/mol. The molecule has 3 nitrogen and oxygen atoms in total. The molecule has 1 fully saturated rings. The molecule has 0 aliphatic carbocycles. The van der Waals surface area contributed by atoms with E-state index in [-0.39, 0.29) is 11.4 Å². The van der Waals surface area contributed by atoms with Crippen molar-refractivity contribution >= 4 is 5.91 Å². The average Bonchev–Trinajstić information content (AvgIpc) is 2.47. The second kappa shape index (κ2) is 5.53. The highest BCUT2D eigenvalue weighted by Gasteiger charge is 2.32. The van der Waals surface area contributed by atoms with Crippen LogP contribution in [0.15, 0.2) is 30.3 Å². The van der Waals surface area contributed by atoms with Crippen molar-refractivity contribution in [1.29, 1.82) is 0 Å². The summed E-state index contributed by atoms with van der Waals surface area (Å²) in [6, 6.07) is 10.4. The molecule has 0 radical (unpaired) electrons. The number of carbonyl (C=O) groups is 1. The predicted octanol–water partition coefficient (Wildman–Crippen LogP) is 1.83. The Morgan fingerprint density at radius 3 is 2.72 bits per heavy atom. The van der Waals surface area contributed by atoms with Crippen LogP contribution in [0.2, 0.25) is 0 Å². The summed E-state index contributed by atoms with van der Waals surface area (Å²) >= 11 is 0. The summed E-state index contributed by atoms with van der Waals surface area (Å²) in [7, 11) is 0. The molecule has 0 atom stereocenters. The molecule has 1 amide bonds. The SMILES string of the molecule is CC1(C)CNCCC(=O)N1CCc1ccccc1. The molecule has 1 N–H and O–H groups in total. The van der Waals surface area contributed by atoms with Gasteiger partial charge in [0.15, 0.2) is 0 Å². The Bertz CT molecular complexity index is 400. The van der Waals surface area contributed by atoms with Gasteiger partial charge in [0.05, 0.1) is 0 Å². The number of rotatable bonds is 3. The zero-order chi connectivity index (χ0) is 13.0. The molecular weight excluding hydrogens is 224 g/mol. The molecule has 1 aliphatic heterocycles. The Morgan fingerprint density at radius 2 is 2.00 bits per heavy atom. The van der Waals surface area contributed by atoms with Crippen LogP contribution in [0.5, 0.6) is 0 Å². The molecule has 0 saturated carbocycles. The van der Waals surface area contributed by atoms with Gasteiger partial charge in [-0.3, -0.25) is 4.79 Å². The molecule has 3 heteroatoms. The molecule has 98 valence electrons. The number of nitrogens with zero attached hydrogens (tertiary/aromatic N) is 1. The number of benzene rings is 1. The smallest absolute Gasteiger partial charge is 0.224 e. The van der Waals surface area contributed by atoms with Crippen LogP contribution >= 0.6 is 0 Å². The fourth-order valence-electron chi connectivity index (χ4n) is 2.47. The van der Waals surface area contributed by atoms with Gasteiger partial charge in [-0.25, -0.2) is 0 Å². The Hall–Kier alpha value is -1.35. The van der Waals surface area contributed by atoms with E-state index in [4.69, 9.17) is 0 Å². The number of carbonyl (C=O) groups excluding carboxylic acids is 1. The lowest BCUT2D eigenvalue weighted by atomic mass is 10.0. The van der Waals surface area contributed by atoms with Crippen LogP contribution < -0.4 is 5.32 Å². The van der Waals surface area contributed by atoms with Crippen LogP contribution in [0, 0.1) is 0 Å². The Labute approximate surface area is 109 Å². The van der Waals surface area contributed by atoms with E-state index in [1.807, 2.05) is 23.1 Å². The van der Waals surface area contributed by atoms with E-state index in [0.29, 0.717) is 6.42 Å². The highest BCUT2D eigenvalue weighted by atomic mass is 16.2. The maximum atomic E-state index is 12.1. The molecule has 1 aromatic carbocycles. The lowest BCUT2D eigenvalue weighted by Gasteiger charge is -2.37.